The van der Waals surface area contributed by atoms with Gasteiger partial charge >= 0.3 is 27.0 Å². The molecule has 0 saturated carbocycles. The van der Waals surface area contributed by atoms with Crippen LogP contribution in [0.1, 0.15) is 53.4 Å². The third-order valence-electron chi connectivity index (χ3n) is 1.93. The SMILES string of the molecule is CCCO[Si](OCCC)(OCCC)OCCC.[AsH3]. The Labute approximate surface area is 125 Å². The summed E-state index contributed by atoms with van der Waals surface area (Å²) in [5.74, 6) is 0. The first-order valence-corrected chi connectivity index (χ1v) is 8.43. The van der Waals surface area contributed by atoms with Crippen LogP contribution in [0.15, 0.2) is 0 Å². The molecule has 0 amide bonds. The molecule has 0 aliphatic heterocycles. The average Bonchev–Trinajstić information content (AvgIpc) is 2.37. The van der Waals surface area contributed by atoms with E-state index in [1.54, 1.807) is 0 Å². The van der Waals surface area contributed by atoms with Crippen LogP contribution >= 0.6 is 0 Å². The summed E-state index contributed by atoms with van der Waals surface area (Å²) in [6, 6.07) is 0. The standard InChI is InChI=1S/C12H28O4Si.AsH3/c1-5-9-13-17(14-10-6-2,15-11-7-3)16-12-8-4;/h5-12H2,1-4H3;1H3. The van der Waals surface area contributed by atoms with Gasteiger partial charge in [0.15, 0.2) is 0 Å². The molecule has 0 spiro atoms. The van der Waals surface area contributed by atoms with E-state index < -0.39 is 9.05 Å². The van der Waals surface area contributed by atoms with Crippen molar-refractivity contribution in [3.05, 3.63) is 0 Å². The normalized spacial score (nSPS) is 11.3. The molecular formula is C12H31AsO4Si. The molecular weight excluding hydrogens is 311 g/mol. The van der Waals surface area contributed by atoms with Gasteiger partial charge < -0.3 is 17.7 Å². The van der Waals surface area contributed by atoms with Crippen LogP contribution in [0, 0.1) is 0 Å². The van der Waals surface area contributed by atoms with Crippen LogP contribution in [0.5, 0.6) is 0 Å². The van der Waals surface area contributed by atoms with Crippen LogP contribution in [-0.2, 0) is 17.7 Å². The summed E-state index contributed by atoms with van der Waals surface area (Å²) >= 11 is 0. The Kier molecular flexibility index (Phi) is 16.3. The van der Waals surface area contributed by atoms with E-state index in [4.69, 9.17) is 17.7 Å². The first kappa shape index (κ1) is 20.9. The van der Waals surface area contributed by atoms with Crippen molar-refractivity contribution in [1.82, 2.24) is 0 Å². The Morgan fingerprint density at radius 2 is 0.778 bits per heavy atom. The second kappa shape index (κ2) is 14.0. The minimum absolute atomic E-state index is 0. The summed E-state index contributed by atoms with van der Waals surface area (Å²) in [5.41, 5.74) is 0. The van der Waals surface area contributed by atoms with Crippen LogP contribution in [0.2, 0.25) is 0 Å². The summed E-state index contributed by atoms with van der Waals surface area (Å²) in [7, 11) is -2.88. The summed E-state index contributed by atoms with van der Waals surface area (Å²) < 4.78 is 23.0. The number of hydrogen-bond donors (Lipinski definition) is 0. The predicted octanol–water partition coefficient (Wildman–Crippen LogP) is 1.94. The van der Waals surface area contributed by atoms with Crippen molar-refractivity contribution in [2.45, 2.75) is 53.4 Å². The molecule has 1 atom stereocenters. The Hall–Kier alpha value is 0.615. The van der Waals surface area contributed by atoms with Gasteiger partial charge in [-0.2, -0.15) is 0 Å². The minimum atomic E-state index is -2.88. The van der Waals surface area contributed by atoms with Crippen LogP contribution < -0.4 is 0 Å². The molecule has 0 aromatic rings. The van der Waals surface area contributed by atoms with E-state index in [-0.39, 0.29) is 18.0 Å². The molecule has 0 aromatic carbocycles. The number of rotatable bonds is 12. The maximum absolute atomic E-state index is 5.76. The van der Waals surface area contributed by atoms with Crippen molar-refractivity contribution in [3.63, 3.8) is 0 Å². The molecule has 112 valence electrons. The van der Waals surface area contributed by atoms with Gasteiger partial charge in [-0.3, -0.25) is 0 Å². The molecule has 0 rings (SSSR count). The topological polar surface area (TPSA) is 36.9 Å². The van der Waals surface area contributed by atoms with E-state index in [1.807, 2.05) is 0 Å². The molecule has 0 aliphatic carbocycles. The van der Waals surface area contributed by atoms with Gasteiger partial charge in [-0.15, -0.1) is 0 Å². The summed E-state index contributed by atoms with van der Waals surface area (Å²) in [6.07, 6.45) is 3.76. The summed E-state index contributed by atoms with van der Waals surface area (Å²) in [5, 5.41) is 0. The van der Waals surface area contributed by atoms with E-state index in [0.29, 0.717) is 26.4 Å². The third-order valence-corrected chi connectivity index (χ3v) is 4.16. The average molecular weight is 342 g/mol. The summed E-state index contributed by atoms with van der Waals surface area (Å²) in [4.78, 5) is 0. The van der Waals surface area contributed by atoms with Crippen molar-refractivity contribution >= 4 is 27.0 Å². The molecule has 18 heavy (non-hydrogen) atoms. The molecule has 0 radical (unpaired) electrons. The van der Waals surface area contributed by atoms with Crippen molar-refractivity contribution in [2.75, 3.05) is 26.4 Å². The van der Waals surface area contributed by atoms with Gasteiger partial charge in [-0.25, -0.2) is 0 Å². The Bertz CT molecular complexity index is 135. The van der Waals surface area contributed by atoms with Crippen LogP contribution in [-0.4, -0.2) is 53.4 Å². The van der Waals surface area contributed by atoms with E-state index in [9.17, 15) is 0 Å². The van der Waals surface area contributed by atoms with Gasteiger partial charge in [-0.05, 0) is 25.7 Å². The van der Waals surface area contributed by atoms with Crippen molar-refractivity contribution in [2.24, 2.45) is 0 Å². The van der Waals surface area contributed by atoms with Crippen molar-refractivity contribution < 1.29 is 17.7 Å². The zero-order valence-corrected chi connectivity index (χ0v) is 16.5. The quantitative estimate of drug-likeness (QED) is 0.508. The molecule has 0 bridgehead atoms. The molecule has 0 fully saturated rings. The Morgan fingerprint density at radius 3 is 0.944 bits per heavy atom. The second-order valence-corrected chi connectivity index (χ2v) is 6.05. The fourth-order valence-electron chi connectivity index (χ4n) is 1.16. The first-order valence-electron chi connectivity index (χ1n) is 6.80. The zero-order valence-electron chi connectivity index (χ0n) is 12.5. The van der Waals surface area contributed by atoms with Gasteiger partial charge in [0.2, 0.25) is 0 Å². The van der Waals surface area contributed by atoms with Crippen molar-refractivity contribution in [3.8, 4) is 0 Å². The third kappa shape index (κ3) is 9.53. The Balaban J connectivity index is 0. The van der Waals surface area contributed by atoms with Crippen LogP contribution in [0.3, 0.4) is 0 Å². The monoisotopic (exact) mass is 342 g/mol. The van der Waals surface area contributed by atoms with Crippen LogP contribution in [0.4, 0.5) is 0 Å². The van der Waals surface area contributed by atoms with Gasteiger partial charge in [0, 0.05) is 26.4 Å². The van der Waals surface area contributed by atoms with E-state index in [2.05, 4.69) is 27.7 Å². The molecule has 0 heterocycles. The van der Waals surface area contributed by atoms with E-state index in [0.717, 1.165) is 25.7 Å². The van der Waals surface area contributed by atoms with Gasteiger partial charge in [0.25, 0.3) is 0 Å². The molecule has 0 N–H and O–H groups in total. The fraction of sp³-hybridized carbons (Fsp3) is 1.00. The van der Waals surface area contributed by atoms with Crippen LogP contribution in [0.25, 0.3) is 0 Å². The molecule has 0 aliphatic rings. The van der Waals surface area contributed by atoms with E-state index in [1.165, 1.54) is 0 Å². The van der Waals surface area contributed by atoms with Gasteiger partial charge in [-0.1, -0.05) is 27.7 Å². The van der Waals surface area contributed by atoms with E-state index >= 15 is 0 Å². The second-order valence-electron chi connectivity index (χ2n) is 3.89. The maximum atomic E-state index is 5.76. The molecule has 0 saturated heterocycles. The fourth-order valence-corrected chi connectivity index (χ4v) is 3.47. The van der Waals surface area contributed by atoms with Gasteiger partial charge in [0.05, 0.1) is 0 Å². The molecule has 0 aromatic heterocycles. The summed E-state index contributed by atoms with van der Waals surface area (Å²) in [6.45, 7) is 10.8. The predicted molar refractivity (Wildman–Crippen MR) is 80.7 cm³/mol. The molecule has 4 nitrogen and oxygen atoms in total. The number of hydrogen-bond acceptors (Lipinski definition) is 4. The Morgan fingerprint density at radius 1 is 0.556 bits per heavy atom. The van der Waals surface area contributed by atoms with Gasteiger partial charge in [0.1, 0.15) is 0 Å². The van der Waals surface area contributed by atoms with Crippen molar-refractivity contribution in [1.29, 1.82) is 0 Å². The zero-order chi connectivity index (χ0) is 13.0. The molecule has 6 heteroatoms. The first-order chi connectivity index (χ1) is 8.24. The molecule has 1 unspecified atom stereocenters.